The molecule has 3 aliphatic carbocycles. The summed E-state index contributed by atoms with van der Waals surface area (Å²) in [6.45, 7) is 13.4. The van der Waals surface area contributed by atoms with Crippen LogP contribution in [0.4, 0.5) is 0 Å². The molecule has 8 nitrogen and oxygen atoms in total. The molecule has 2 saturated heterocycles. The number of ether oxygens (including phenoxy) is 5. The third-order valence-corrected chi connectivity index (χ3v) is 10.0. The van der Waals surface area contributed by atoms with Gasteiger partial charge < -0.3 is 23.7 Å². The maximum Gasteiger partial charge on any atom is 0.303 e. The van der Waals surface area contributed by atoms with E-state index in [1.807, 2.05) is 0 Å². The monoisotopic (exact) mass is 478 g/mol. The van der Waals surface area contributed by atoms with E-state index in [1.54, 1.807) is 0 Å². The van der Waals surface area contributed by atoms with Gasteiger partial charge in [-0.15, -0.1) is 0 Å². The van der Waals surface area contributed by atoms with Gasteiger partial charge in [0.25, 0.3) is 0 Å². The van der Waals surface area contributed by atoms with Gasteiger partial charge in [-0.2, -0.15) is 0 Å². The fraction of sp³-hybridized carbons (Fsp3) is 0.885. The van der Waals surface area contributed by atoms with E-state index in [2.05, 4.69) is 27.7 Å². The molecule has 0 aromatic rings. The molecule has 0 bridgehead atoms. The van der Waals surface area contributed by atoms with Crippen LogP contribution in [-0.2, 0) is 38.1 Å². The zero-order chi connectivity index (χ0) is 24.8. The van der Waals surface area contributed by atoms with Crippen molar-refractivity contribution in [2.24, 2.45) is 28.1 Å². The molecule has 34 heavy (non-hydrogen) atoms. The predicted molar refractivity (Wildman–Crippen MR) is 119 cm³/mol. The van der Waals surface area contributed by atoms with Crippen molar-refractivity contribution >= 4 is 17.9 Å². The first-order valence-corrected chi connectivity index (χ1v) is 12.6. The second-order valence-electron chi connectivity index (χ2n) is 12.4. The van der Waals surface area contributed by atoms with E-state index in [0.29, 0.717) is 13.0 Å². The van der Waals surface area contributed by atoms with E-state index in [1.165, 1.54) is 20.8 Å². The summed E-state index contributed by atoms with van der Waals surface area (Å²) in [7, 11) is 0. The van der Waals surface area contributed by atoms with Crippen molar-refractivity contribution in [3.05, 3.63) is 0 Å². The number of hydrogen-bond acceptors (Lipinski definition) is 8. The molecule has 0 aromatic carbocycles. The van der Waals surface area contributed by atoms with E-state index in [4.69, 9.17) is 23.7 Å². The summed E-state index contributed by atoms with van der Waals surface area (Å²) < 4.78 is 30.3. The molecular weight excluding hydrogens is 440 g/mol. The van der Waals surface area contributed by atoms with Crippen LogP contribution >= 0.6 is 0 Å². The quantitative estimate of drug-likeness (QED) is 0.346. The first kappa shape index (κ1) is 24.0. The van der Waals surface area contributed by atoms with Crippen molar-refractivity contribution in [3.63, 3.8) is 0 Å². The number of carbonyl (C=O) groups excluding carboxylic acids is 3. The average molecular weight is 479 g/mol. The summed E-state index contributed by atoms with van der Waals surface area (Å²) in [5, 5.41) is 0. The van der Waals surface area contributed by atoms with Crippen LogP contribution in [0.15, 0.2) is 0 Å². The normalized spacial score (nSPS) is 50.0. The summed E-state index contributed by atoms with van der Waals surface area (Å²) in [5.41, 5.74) is -1.32. The van der Waals surface area contributed by atoms with Crippen LogP contribution in [0.2, 0.25) is 0 Å². The molecule has 0 aromatic heterocycles. The van der Waals surface area contributed by atoms with Crippen LogP contribution in [0.3, 0.4) is 0 Å². The largest absolute Gasteiger partial charge is 0.459 e. The van der Waals surface area contributed by atoms with E-state index in [9.17, 15) is 14.4 Å². The number of carbonyl (C=O) groups is 3. The fourth-order valence-electron chi connectivity index (χ4n) is 8.84. The molecule has 0 N–H and O–H groups in total. The van der Waals surface area contributed by atoms with Crippen molar-refractivity contribution in [3.8, 4) is 0 Å². The minimum atomic E-state index is -0.517. The van der Waals surface area contributed by atoms with Gasteiger partial charge in [-0.1, -0.05) is 27.7 Å². The Hall–Kier alpha value is -1.67. The van der Waals surface area contributed by atoms with Crippen molar-refractivity contribution in [1.29, 1.82) is 0 Å². The first-order chi connectivity index (χ1) is 15.8. The Kier molecular flexibility index (Phi) is 5.25. The van der Waals surface area contributed by atoms with Crippen molar-refractivity contribution in [1.82, 2.24) is 0 Å². The van der Waals surface area contributed by atoms with Gasteiger partial charge in [0.2, 0.25) is 0 Å². The Labute approximate surface area is 201 Å². The number of rotatable bonds is 3. The summed E-state index contributed by atoms with van der Waals surface area (Å²) >= 11 is 0. The highest BCUT2D eigenvalue weighted by atomic mass is 16.7. The highest BCUT2D eigenvalue weighted by molar-refractivity contribution is 5.67. The minimum Gasteiger partial charge on any atom is -0.459 e. The Bertz CT molecular complexity index is 914. The Morgan fingerprint density at radius 1 is 0.853 bits per heavy atom. The van der Waals surface area contributed by atoms with Gasteiger partial charge in [0, 0.05) is 31.6 Å². The molecular formula is C26H38O8. The molecule has 2 heterocycles. The van der Waals surface area contributed by atoms with E-state index in [0.717, 1.165) is 19.3 Å². The Balaban J connectivity index is 1.51. The third-order valence-electron chi connectivity index (χ3n) is 10.0. The van der Waals surface area contributed by atoms with Crippen molar-refractivity contribution < 1.29 is 38.1 Å². The first-order valence-electron chi connectivity index (χ1n) is 12.6. The highest BCUT2D eigenvalue weighted by Crippen LogP contribution is 2.74. The second-order valence-corrected chi connectivity index (χ2v) is 12.4. The summed E-state index contributed by atoms with van der Waals surface area (Å²) in [4.78, 5) is 35.8. The van der Waals surface area contributed by atoms with Crippen LogP contribution in [0.5, 0.6) is 0 Å². The number of esters is 3. The molecule has 2 aliphatic heterocycles. The molecule has 8 heteroatoms. The molecule has 0 unspecified atom stereocenters. The summed E-state index contributed by atoms with van der Waals surface area (Å²) in [6.07, 6.45) is 1.83. The van der Waals surface area contributed by atoms with Crippen molar-refractivity contribution in [2.75, 3.05) is 6.61 Å². The molecule has 0 amide bonds. The van der Waals surface area contributed by atoms with Crippen LogP contribution < -0.4 is 0 Å². The van der Waals surface area contributed by atoms with Crippen LogP contribution in [-0.4, -0.2) is 60.6 Å². The van der Waals surface area contributed by atoms with Gasteiger partial charge in [-0.3, -0.25) is 14.4 Å². The summed E-state index contributed by atoms with van der Waals surface area (Å²) in [6, 6.07) is 0. The molecule has 1 spiro atoms. The van der Waals surface area contributed by atoms with Gasteiger partial charge >= 0.3 is 17.9 Å². The number of fused-ring (bicyclic) bond motifs is 3. The predicted octanol–water partition coefficient (Wildman–Crippen LogP) is 3.19. The summed E-state index contributed by atoms with van der Waals surface area (Å²) in [5.74, 6) is -0.597. The highest BCUT2D eigenvalue weighted by Gasteiger charge is 2.82. The molecule has 5 rings (SSSR count). The lowest BCUT2D eigenvalue weighted by Gasteiger charge is -2.63. The maximum absolute atomic E-state index is 12.0. The SMILES string of the molecule is CC(=O)O[C@H]1C[C@]2(C)[C@@H](C[C@@H]3O[C@]34[C@H]2CC[C@]2(C)[C@@H](OC(C)=O)CO[C@@H]24)C(C)(C)[C@@H]1OC(C)=O. The molecule has 3 saturated carbocycles. The molecule has 0 radical (unpaired) electrons. The molecule has 5 aliphatic rings. The minimum absolute atomic E-state index is 0.0545. The van der Waals surface area contributed by atoms with E-state index < -0.39 is 23.2 Å². The van der Waals surface area contributed by atoms with Gasteiger partial charge in [-0.25, -0.2) is 0 Å². The van der Waals surface area contributed by atoms with Gasteiger partial charge in [0.1, 0.15) is 23.9 Å². The topological polar surface area (TPSA) is 101 Å². The number of epoxide rings is 1. The lowest BCUT2D eigenvalue weighted by atomic mass is 9.41. The van der Waals surface area contributed by atoms with Gasteiger partial charge in [0.15, 0.2) is 0 Å². The van der Waals surface area contributed by atoms with Crippen LogP contribution in [0.1, 0.15) is 74.1 Å². The zero-order valence-corrected chi connectivity index (χ0v) is 21.3. The standard InChI is InChI=1S/C26H38O8/c1-13(27)31-16-11-25(7)17-8-9-24(6)20(32-14(2)28)12-30-22(24)26(17)19(34-26)10-18(25)23(4,5)21(16)33-15(3)29/h16-22H,8-12H2,1-7H3/t16-,17-,18-,19-,20-,21+,22-,24+,25-,26+/m0/s1. The van der Waals surface area contributed by atoms with E-state index >= 15 is 0 Å². The van der Waals surface area contributed by atoms with Crippen LogP contribution in [0.25, 0.3) is 0 Å². The number of hydrogen-bond donors (Lipinski definition) is 0. The Morgan fingerprint density at radius 2 is 1.50 bits per heavy atom. The lowest BCUT2D eigenvalue weighted by Crippen LogP contribution is -2.68. The third kappa shape index (κ3) is 3.13. The van der Waals surface area contributed by atoms with E-state index in [-0.39, 0.29) is 58.9 Å². The lowest BCUT2D eigenvalue weighted by molar-refractivity contribution is -0.229. The molecule has 5 fully saturated rings. The van der Waals surface area contributed by atoms with Crippen LogP contribution in [0, 0.1) is 28.1 Å². The van der Waals surface area contributed by atoms with Crippen molar-refractivity contribution in [2.45, 2.75) is 110 Å². The molecule has 190 valence electrons. The van der Waals surface area contributed by atoms with Gasteiger partial charge in [-0.05, 0) is 42.9 Å². The molecule has 10 atom stereocenters. The smallest absolute Gasteiger partial charge is 0.303 e. The second kappa shape index (κ2) is 7.42. The fourth-order valence-corrected chi connectivity index (χ4v) is 8.84. The maximum atomic E-state index is 12.0. The zero-order valence-electron chi connectivity index (χ0n) is 21.3. The average Bonchev–Trinajstić information content (AvgIpc) is 3.31. The Morgan fingerprint density at radius 3 is 2.12 bits per heavy atom. The van der Waals surface area contributed by atoms with Gasteiger partial charge in [0.05, 0.1) is 18.8 Å².